The third kappa shape index (κ3) is 3.89. The predicted molar refractivity (Wildman–Crippen MR) is 109 cm³/mol. The number of benzene rings is 3. The van der Waals surface area contributed by atoms with Gasteiger partial charge in [-0.05, 0) is 36.0 Å². The monoisotopic (exact) mass is 348 g/mol. The molecule has 0 saturated heterocycles. The summed E-state index contributed by atoms with van der Waals surface area (Å²) in [4.78, 5) is 0. The van der Waals surface area contributed by atoms with Crippen molar-refractivity contribution in [3.05, 3.63) is 84.9 Å². The van der Waals surface area contributed by atoms with E-state index in [9.17, 15) is 0 Å². The maximum atomic E-state index is 6.03. The van der Waals surface area contributed by atoms with Gasteiger partial charge in [-0.1, -0.05) is 72.8 Å². The minimum atomic E-state index is -0.608. The summed E-state index contributed by atoms with van der Waals surface area (Å²) in [6.07, 6.45) is 0. The van der Waals surface area contributed by atoms with E-state index >= 15 is 0 Å². The Hall–Kier alpha value is -2.64. The van der Waals surface area contributed by atoms with Crippen LogP contribution in [0, 0.1) is 0 Å². The molecule has 0 saturated carbocycles. The Balaban J connectivity index is 2.12. The summed E-state index contributed by atoms with van der Waals surface area (Å²) in [5.74, 6) is 0.626. The van der Waals surface area contributed by atoms with E-state index < -0.39 is 7.92 Å². The molecule has 0 spiro atoms. The van der Waals surface area contributed by atoms with Crippen LogP contribution in [0.25, 0.3) is 0 Å². The summed E-state index contributed by atoms with van der Waals surface area (Å²) in [6, 6.07) is 30.0. The topological polar surface area (TPSA) is 41.1 Å². The lowest BCUT2D eigenvalue weighted by Gasteiger charge is -2.20. The molecule has 0 unspecified atom stereocenters. The van der Waals surface area contributed by atoms with E-state index in [4.69, 9.17) is 5.73 Å². The molecule has 0 aliphatic carbocycles. The van der Waals surface area contributed by atoms with Crippen LogP contribution in [0.2, 0.25) is 0 Å². The molecule has 0 atom stereocenters. The SMILES string of the molecule is CNC(N)=[N+](C)c1cccc(P(c2ccccc2)c2ccccc2)c1. The molecule has 3 aromatic rings. The Labute approximate surface area is 150 Å². The lowest BCUT2D eigenvalue weighted by atomic mass is 10.3. The standard InChI is InChI=1S/C21H22N3P/c1-23-21(22)24(2)17-10-9-15-20(16-17)25(18-11-5-3-6-12-18)19-13-7-4-8-14-19/h3-16H,1-2H3,(H2,22,23)/p+1. The molecule has 3 N–H and O–H groups in total. The smallest absolute Gasteiger partial charge is 0.290 e. The van der Waals surface area contributed by atoms with Crippen LogP contribution < -0.4 is 27.0 Å². The maximum Gasteiger partial charge on any atom is 0.348 e. The fraction of sp³-hybridized carbons (Fsp3) is 0.0952. The highest BCUT2D eigenvalue weighted by atomic mass is 31.1. The number of hydrogen-bond donors (Lipinski definition) is 2. The van der Waals surface area contributed by atoms with Crippen LogP contribution in [0.15, 0.2) is 84.9 Å². The van der Waals surface area contributed by atoms with E-state index in [1.807, 2.05) is 18.7 Å². The minimum Gasteiger partial charge on any atom is -0.290 e. The quantitative estimate of drug-likeness (QED) is 0.329. The van der Waals surface area contributed by atoms with Gasteiger partial charge in [0.2, 0.25) is 0 Å². The fourth-order valence-corrected chi connectivity index (χ4v) is 5.08. The van der Waals surface area contributed by atoms with E-state index in [-0.39, 0.29) is 0 Å². The molecule has 0 amide bonds. The van der Waals surface area contributed by atoms with Crippen molar-refractivity contribution in [2.24, 2.45) is 5.73 Å². The molecule has 3 rings (SSSR count). The van der Waals surface area contributed by atoms with E-state index in [2.05, 4.69) is 90.2 Å². The van der Waals surface area contributed by atoms with Crippen LogP contribution in [0.4, 0.5) is 5.69 Å². The van der Waals surface area contributed by atoms with Crippen molar-refractivity contribution in [1.29, 1.82) is 0 Å². The number of rotatable bonds is 4. The molecule has 0 aliphatic heterocycles. The van der Waals surface area contributed by atoms with Crippen LogP contribution in [0.3, 0.4) is 0 Å². The van der Waals surface area contributed by atoms with Crippen molar-refractivity contribution in [2.45, 2.75) is 0 Å². The van der Waals surface area contributed by atoms with Gasteiger partial charge in [0, 0.05) is 0 Å². The van der Waals surface area contributed by atoms with Gasteiger partial charge in [0.25, 0.3) is 0 Å². The first-order valence-corrected chi connectivity index (χ1v) is 9.59. The van der Waals surface area contributed by atoms with Crippen molar-refractivity contribution < 1.29 is 4.58 Å². The van der Waals surface area contributed by atoms with Gasteiger partial charge in [-0.25, -0.2) is 4.58 Å². The fourth-order valence-electron chi connectivity index (χ4n) is 2.75. The van der Waals surface area contributed by atoms with Gasteiger partial charge < -0.3 is 0 Å². The van der Waals surface area contributed by atoms with Crippen molar-refractivity contribution in [3.63, 3.8) is 0 Å². The molecule has 0 heterocycles. The summed E-state index contributed by atoms with van der Waals surface area (Å²) in [5, 5.41) is 6.99. The Bertz CT molecular complexity index is 821. The normalized spacial score (nSPS) is 12.0. The van der Waals surface area contributed by atoms with Gasteiger partial charge in [-0.15, -0.1) is 0 Å². The third-order valence-electron chi connectivity index (χ3n) is 4.12. The third-order valence-corrected chi connectivity index (χ3v) is 6.55. The lowest BCUT2D eigenvalue weighted by molar-refractivity contribution is -0.408. The highest BCUT2D eigenvalue weighted by Gasteiger charge is 2.17. The molecular weight excluding hydrogens is 325 g/mol. The number of nitrogens with zero attached hydrogens (tertiary/aromatic N) is 1. The number of nitrogens with two attached hydrogens (primary N) is 1. The highest BCUT2D eigenvalue weighted by Crippen LogP contribution is 2.33. The summed E-state index contributed by atoms with van der Waals surface area (Å²) >= 11 is 0. The summed E-state index contributed by atoms with van der Waals surface area (Å²) < 4.78 is 1.97. The van der Waals surface area contributed by atoms with Gasteiger partial charge >= 0.3 is 5.96 Å². The Kier molecular flexibility index (Phi) is 5.47. The second kappa shape index (κ2) is 7.96. The average Bonchev–Trinajstić information content (AvgIpc) is 2.69. The zero-order chi connectivity index (χ0) is 17.6. The molecule has 0 aliphatic rings. The van der Waals surface area contributed by atoms with Gasteiger partial charge in [-0.2, -0.15) is 0 Å². The molecule has 25 heavy (non-hydrogen) atoms. The predicted octanol–water partition coefficient (Wildman–Crippen LogP) is 2.25. The Morgan fingerprint density at radius 1 is 0.800 bits per heavy atom. The molecule has 126 valence electrons. The number of guanidine groups is 1. The maximum absolute atomic E-state index is 6.03. The van der Waals surface area contributed by atoms with E-state index in [1.54, 1.807) is 0 Å². The van der Waals surface area contributed by atoms with Crippen LogP contribution in [-0.4, -0.2) is 24.6 Å². The van der Waals surface area contributed by atoms with Crippen LogP contribution in [0.5, 0.6) is 0 Å². The van der Waals surface area contributed by atoms with Crippen molar-refractivity contribution in [1.82, 2.24) is 5.32 Å². The lowest BCUT2D eigenvalue weighted by Crippen LogP contribution is -2.35. The highest BCUT2D eigenvalue weighted by molar-refractivity contribution is 7.79. The first-order valence-electron chi connectivity index (χ1n) is 8.25. The average molecular weight is 348 g/mol. The first kappa shape index (κ1) is 17.2. The second-order valence-corrected chi connectivity index (χ2v) is 7.94. The molecule has 0 bridgehead atoms. The number of nitrogens with one attached hydrogen (secondary N) is 1. The second-order valence-electron chi connectivity index (χ2n) is 5.72. The Morgan fingerprint density at radius 2 is 1.32 bits per heavy atom. The largest absolute Gasteiger partial charge is 0.348 e. The van der Waals surface area contributed by atoms with Gasteiger partial charge in [0.1, 0.15) is 5.69 Å². The van der Waals surface area contributed by atoms with Crippen molar-refractivity contribution in [2.75, 3.05) is 14.1 Å². The van der Waals surface area contributed by atoms with Gasteiger partial charge in [0.05, 0.1) is 14.1 Å². The molecule has 3 nitrogen and oxygen atoms in total. The van der Waals surface area contributed by atoms with Crippen LogP contribution in [-0.2, 0) is 0 Å². The molecule has 3 aromatic carbocycles. The summed E-state index contributed by atoms with van der Waals surface area (Å²) in [6.45, 7) is 0. The molecular formula is C21H23N3P+. The number of hydrogen-bond acceptors (Lipinski definition) is 0. The minimum absolute atomic E-state index is 0.608. The summed E-state index contributed by atoms with van der Waals surface area (Å²) in [5.41, 5.74) is 7.11. The zero-order valence-corrected chi connectivity index (χ0v) is 15.4. The zero-order valence-electron chi connectivity index (χ0n) is 14.6. The van der Waals surface area contributed by atoms with Crippen LogP contribution >= 0.6 is 7.92 Å². The van der Waals surface area contributed by atoms with Crippen molar-refractivity contribution in [3.8, 4) is 0 Å². The van der Waals surface area contributed by atoms with Crippen LogP contribution in [0.1, 0.15) is 0 Å². The van der Waals surface area contributed by atoms with Crippen molar-refractivity contribution >= 4 is 35.5 Å². The van der Waals surface area contributed by atoms with E-state index in [1.165, 1.54) is 15.9 Å². The first-order chi connectivity index (χ1) is 12.2. The van der Waals surface area contributed by atoms with E-state index in [0.717, 1.165) is 5.69 Å². The summed E-state index contributed by atoms with van der Waals surface area (Å²) in [7, 11) is 3.19. The Morgan fingerprint density at radius 3 is 1.84 bits per heavy atom. The molecule has 0 fully saturated rings. The molecule has 0 aromatic heterocycles. The van der Waals surface area contributed by atoms with E-state index in [0.29, 0.717) is 5.96 Å². The van der Waals surface area contributed by atoms with Gasteiger partial charge in [0.15, 0.2) is 0 Å². The molecule has 4 heteroatoms. The molecule has 0 radical (unpaired) electrons. The van der Waals surface area contributed by atoms with Gasteiger partial charge in [-0.3, -0.25) is 11.1 Å².